The van der Waals surface area contributed by atoms with Gasteiger partial charge >= 0.3 is 6.18 Å². The van der Waals surface area contributed by atoms with Crippen LogP contribution in [0.1, 0.15) is 23.0 Å². The Kier molecular flexibility index (Phi) is 4.37. The molecule has 2 aromatic heterocycles. The van der Waals surface area contributed by atoms with E-state index in [1.165, 1.54) is 12.1 Å². The number of fused-ring (bicyclic) bond motifs is 3. The second-order valence-electron chi connectivity index (χ2n) is 6.24. The van der Waals surface area contributed by atoms with Crippen molar-refractivity contribution >= 4 is 11.2 Å². The molecule has 0 saturated heterocycles. The van der Waals surface area contributed by atoms with Crippen molar-refractivity contribution in [1.29, 1.82) is 0 Å². The molecule has 0 unspecified atom stereocenters. The summed E-state index contributed by atoms with van der Waals surface area (Å²) in [4.78, 5) is 8.96. The van der Waals surface area contributed by atoms with Crippen LogP contribution in [-0.2, 0) is 24.1 Å². The summed E-state index contributed by atoms with van der Waals surface area (Å²) in [6.07, 6.45) is -2.57. The van der Waals surface area contributed by atoms with Gasteiger partial charge in [-0.3, -0.25) is 0 Å². The Morgan fingerprint density at radius 2 is 2.00 bits per heavy atom. The molecule has 0 radical (unpaired) electrons. The van der Waals surface area contributed by atoms with E-state index in [1.54, 1.807) is 6.20 Å². The van der Waals surface area contributed by atoms with Crippen molar-refractivity contribution in [2.75, 3.05) is 13.2 Å². The first-order chi connectivity index (χ1) is 12.5. The fourth-order valence-corrected chi connectivity index (χ4v) is 3.17. The zero-order valence-corrected chi connectivity index (χ0v) is 13.8. The van der Waals surface area contributed by atoms with Gasteiger partial charge in [-0.1, -0.05) is 12.1 Å². The minimum absolute atomic E-state index is 0.0353. The average molecular weight is 362 g/mol. The second kappa shape index (κ2) is 6.69. The lowest BCUT2D eigenvalue weighted by Crippen LogP contribution is -2.32. The highest BCUT2D eigenvalue weighted by Gasteiger charge is 2.30. The number of ether oxygens (including phenoxy) is 1. The van der Waals surface area contributed by atoms with Crippen LogP contribution < -0.4 is 5.32 Å². The molecule has 1 N–H and O–H groups in total. The van der Waals surface area contributed by atoms with Crippen LogP contribution in [0.2, 0.25) is 0 Å². The fraction of sp³-hybridized carbons (Fsp3) is 0.333. The summed E-state index contributed by atoms with van der Waals surface area (Å²) in [6.45, 7) is 2.07. The van der Waals surface area contributed by atoms with Crippen LogP contribution in [0.15, 0.2) is 42.6 Å². The van der Waals surface area contributed by atoms with Gasteiger partial charge in [0.15, 0.2) is 5.65 Å². The number of imidazole rings is 1. The van der Waals surface area contributed by atoms with E-state index in [4.69, 9.17) is 4.74 Å². The molecule has 3 heterocycles. The first-order valence-corrected chi connectivity index (χ1v) is 8.29. The van der Waals surface area contributed by atoms with Gasteiger partial charge in [0.05, 0.1) is 18.2 Å². The number of alkyl halides is 3. The number of nitrogens with one attached hydrogen (secondary N) is 1. The van der Waals surface area contributed by atoms with Crippen molar-refractivity contribution in [2.24, 2.45) is 0 Å². The van der Waals surface area contributed by atoms with Gasteiger partial charge in [-0.25, -0.2) is 9.97 Å². The van der Waals surface area contributed by atoms with E-state index in [9.17, 15) is 13.2 Å². The Labute approximate surface area is 147 Å². The minimum atomic E-state index is -4.31. The van der Waals surface area contributed by atoms with Crippen LogP contribution in [0.5, 0.6) is 0 Å². The number of aromatic nitrogens is 3. The van der Waals surface area contributed by atoms with Crippen molar-refractivity contribution in [2.45, 2.75) is 25.4 Å². The van der Waals surface area contributed by atoms with E-state index in [0.717, 1.165) is 34.7 Å². The molecule has 136 valence electrons. The largest absolute Gasteiger partial charge is 0.416 e. The predicted molar refractivity (Wildman–Crippen MR) is 89.4 cm³/mol. The van der Waals surface area contributed by atoms with E-state index in [1.807, 2.05) is 12.1 Å². The minimum Gasteiger partial charge on any atom is -0.371 e. The van der Waals surface area contributed by atoms with Crippen molar-refractivity contribution in [1.82, 2.24) is 19.9 Å². The van der Waals surface area contributed by atoms with Gasteiger partial charge in [0.25, 0.3) is 0 Å². The molecule has 1 aliphatic heterocycles. The predicted octanol–water partition coefficient (Wildman–Crippen LogP) is 3.31. The Bertz CT molecular complexity index is 905. The normalized spacial score (nSPS) is 17.4. The number of halogens is 3. The number of rotatable bonds is 4. The Hall–Kier alpha value is -2.45. The Morgan fingerprint density at radius 3 is 2.77 bits per heavy atom. The molecule has 1 aromatic carbocycles. The average Bonchev–Trinajstić information content (AvgIpc) is 3.01. The quantitative estimate of drug-likeness (QED) is 0.774. The number of hydrogen-bond acceptors (Lipinski definition) is 4. The maximum atomic E-state index is 12.6. The third kappa shape index (κ3) is 3.30. The summed E-state index contributed by atoms with van der Waals surface area (Å²) >= 11 is 0. The van der Waals surface area contributed by atoms with E-state index < -0.39 is 11.7 Å². The van der Waals surface area contributed by atoms with E-state index in [2.05, 4.69) is 19.9 Å². The zero-order chi connectivity index (χ0) is 18.1. The van der Waals surface area contributed by atoms with Crippen molar-refractivity contribution in [3.63, 3.8) is 0 Å². The molecular formula is C18H17F3N4O. The maximum Gasteiger partial charge on any atom is 0.416 e. The van der Waals surface area contributed by atoms with Crippen LogP contribution in [-0.4, -0.2) is 27.7 Å². The highest BCUT2D eigenvalue weighted by atomic mass is 19.4. The molecule has 3 aromatic rings. The highest BCUT2D eigenvalue weighted by molar-refractivity contribution is 5.71. The summed E-state index contributed by atoms with van der Waals surface area (Å²) < 4.78 is 45.5. The fourth-order valence-electron chi connectivity index (χ4n) is 3.17. The summed E-state index contributed by atoms with van der Waals surface area (Å²) in [5, 5.41) is 3.29. The second-order valence-corrected chi connectivity index (χ2v) is 6.24. The molecular weight excluding hydrogens is 345 g/mol. The van der Waals surface area contributed by atoms with Crippen molar-refractivity contribution in [3.8, 4) is 0 Å². The van der Waals surface area contributed by atoms with E-state index in [-0.39, 0.29) is 6.04 Å². The SMILES string of the molecule is FC(F)(F)c1ccc(CNC[C@H]2COCc3nc4cccnc4n32)cc1. The molecule has 1 aliphatic rings. The standard InChI is InChI=1S/C18H17F3N4O/c19-18(20,21)13-5-3-12(4-6-13)8-22-9-14-10-26-11-16-24-15-2-1-7-23-17(15)25(14)16/h1-7,14,22H,8-11H2/t14-/m0/s1. The molecule has 0 amide bonds. The molecule has 1 atom stereocenters. The summed E-state index contributed by atoms with van der Waals surface area (Å²) in [6, 6.07) is 8.99. The Morgan fingerprint density at radius 1 is 1.19 bits per heavy atom. The van der Waals surface area contributed by atoms with Gasteiger partial charge in [-0.05, 0) is 29.8 Å². The van der Waals surface area contributed by atoms with Crippen LogP contribution in [0.3, 0.4) is 0 Å². The molecule has 0 fully saturated rings. The first kappa shape index (κ1) is 17.0. The van der Waals surface area contributed by atoms with Gasteiger partial charge in [0.1, 0.15) is 17.9 Å². The van der Waals surface area contributed by atoms with Gasteiger partial charge in [0.2, 0.25) is 0 Å². The molecule has 26 heavy (non-hydrogen) atoms. The number of benzene rings is 1. The maximum absolute atomic E-state index is 12.6. The summed E-state index contributed by atoms with van der Waals surface area (Å²) in [5.41, 5.74) is 1.82. The van der Waals surface area contributed by atoms with Crippen LogP contribution in [0, 0.1) is 0 Å². The molecule has 0 aliphatic carbocycles. The topological polar surface area (TPSA) is 52.0 Å². The third-order valence-electron chi connectivity index (χ3n) is 4.42. The van der Waals surface area contributed by atoms with Crippen LogP contribution in [0.4, 0.5) is 13.2 Å². The number of hydrogen-bond donors (Lipinski definition) is 1. The molecule has 8 heteroatoms. The highest BCUT2D eigenvalue weighted by Crippen LogP contribution is 2.29. The van der Waals surface area contributed by atoms with E-state index >= 15 is 0 Å². The lowest BCUT2D eigenvalue weighted by Gasteiger charge is -2.26. The summed E-state index contributed by atoms with van der Waals surface area (Å²) in [5.74, 6) is 0.839. The molecule has 5 nitrogen and oxygen atoms in total. The number of nitrogens with zero attached hydrogens (tertiary/aromatic N) is 3. The molecule has 0 bridgehead atoms. The molecule has 4 rings (SSSR count). The van der Waals surface area contributed by atoms with Crippen LogP contribution in [0.25, 0.3) is 11.2 Å². The third-order valence-corrected chi connectivity index (χ3v) is 4.42. The first-order valence-electron chi connectivity index (χ1n) is 8.29. The van der Waals surface area contributed by atoms with Crippen molar-refractivity contribution in [3.05, 3.63) is 59.5 Å². The van der Waals surface area contributed by atoms with Crippen molar-refractivity contribution < 1.29 is 17.9 Å². The van der Waals surface area contributed by atoms with E-state index in [0.29, 0.717) is 26.3 Å². The zero-order valence-electron chi connectivity index (χ0n) is 13.8. The smallest absolute Gasteiger partial charge is 0.371 e. The molecule has 0 spiro atoms. The lowest BCUT2D eigenvalue weighted by molar-refractivity contribution is -0.137. The Balaban J connectivity index is 1.43. The van der Waals surface area contributed by atoms with Crippen LogP contribution >= 0.6 is 0 Å². The number of pyridine rings is 1. The monoisotopic (exact) mass is 362 g/mol. The van der Waals surface area contributed by atoms with Gasteiger partial charge in [0, 0.05) is 19.3 Å². The summed E-state index contributed by atoms with van der Waals surface area (Å²) in [7, 11) is 0. The van der Waals surface area contributed by atoms with Gasteiger partial charge in [-0.15, -0.1) is 0 Å². The lowest BCUT2D eigenvalue weighted by atomic mass is 10.1. The molecule has 0 saturated carbocycles. The van der Waals surface area contributed by atoms with Gasteiger partial charge < -0.3 is 14.6 Å². The van der Waals surface area contributed by atoms with Gasteiger partial charge in [-0.2, -0.15) is 13.2 Å².